The lowest BCUT2D eigenvalue weighted by Crippen LogP contribution is -2.37. The minimum atomic E-state index is -0.938. The Morgan fingerprint density at radius 1 is 0.613 bits per heavy atom. The highest BCUT2D eigenvalue weighted by Crippen LogP contribution is 2.60. The van der Waals surface area contributed by atoms with Crippen LogP contribution in [0.5, 0.6) is 11.5 Å². The second kappa shape index (κ2) is 17.3. The Kier molecular flexibility index (Phi) is 12.4. The van der Waals surface area contributed by atoms with Gasteiger partial charge in [-0.25, -0.2) is 0 Å². The normalized spacial score (nSPS) is 15.6. The summed E-state index contributed by atoms with van der Waals surface area (Å²) in [6.07, 6.45) is 5.58. The molecule has 1 unspecified atom stereocenters. The predicted molar refractivity (Wildman–Crippen MR) is 249 cm³/mol. The van der Waals surface area contributed by atoms with Crippen LogP contribution >= 0.6 is 0 Å². The van der Waals surface area contributed by atoms with E-state index in [-0.39, 0.29) is 17.5 Å². The third-order valence-electron chi connectivity index (χ3n) is 12.9. The molecule has 62 heavy (non-hydrogen) atoms. The first-order valence-corrected chi connectivity index (χ1v) is 21.9. The number of carbonyl (C=O) groups is 2. The van der Waals surface area contributed by atoms with Crippen LogP contribution in [0.3, 0.4) is 0 Å². The minimum Gasteiger partial charge on any atom is -0.488 e. The van der Waals surface area contributed by atoms with E-state index in [0.29, 0.717) is 26.1 Å². The van der Waals surface area contributed by atoms with Gasteiger partial charge >= 0.3 is 0 Å². The van der Waals surface area contributed by atoms with Gasteiger partial charge in [0.15, 0.2) is 11.6 Å². The predicted octanol–water partition coefficient (Wildman–Crippen LogP) is 12.3. The van der Waals surface area contributed by atoms with Gasteiger partial charge in [-0.2, -0.15) is 0 Å². The summed E-state index contributed by atoms with van der Waals surface area (Å²) >= 11 is 0. The molecule has 7 rings (SSSR count). The molecule has 0 saturated heterocycles. The molecule has 322 valence electrons. The molecule has 2 aliphatic rings. The average Bonchev–Trinajstić information content (AvgIpc) is 3.80. The fraction of sp³-hybridized carbons (Fsp3) is 0.357. The standard InChI is InChI=1S/C56H62O6/c1-11-48(57)54(7,8)59-34-32-52(3,4)61-43-27-23-41(24-28-43)56(42-25-29-44(30-26-42)62-53(5,6)33-35-60-55(9,10)49(58)12-2)37-46(38-18-14-13-15-19-38)51-47(56)31-22-40-36-39-20-16-17-21-45(39)50(40)51/h11-31,46H,1-2,32-37H2,3-10H3. The molecule has 0 fully saturated rings. The SMILES string of the molecule is C=CC(=O)C(C)(C)OCCC(C)(C)Oc1ccc(C2(c3ccc(OC(C)(C)CCOC(C)(C)C(=O)C=C)cc3)CC(c3ccccc3)c3c2ccc2c3-c3ccccc3C2)cc1. The molecule has 6 heteroatoms. The van der Waals surface area contributed by atoms with Gasteiger partial charge in [-0.3, -0.25) is 9.59 Å². The summed E-state index contributed by atoms with van der Waals surface area (Å²) in [5, 5.41) is 0. The number of rotatable bonds is 19. The Hall–Kier alpha value is -5.56. The number of fused-ring (bicyclic) bond motifs is 5. The molecule has 0 saturated carbocycles. The van der Waals surface area contributed by atoms with Crippen molar-refractivity contribution < 1.29 is 28.5 Å². The zero-order valence-corrected chi connectivity index (χ0v) is 37.8. The van der Waals surface area contributed by atoms with Crippen LogP contribution in [0.4, 0.5) is 0 Å². The molecule has 2 aliphatic carbocycles. The van der Waals surface area contributed by atoms with Crippen molar-refractivity contribution in [1.82, 2.24) is 0 Å². The fourth-order valence-electron chi connectivity index (χ4n) is 9.28. The number of ether oxygens (including phenoxy) is 4. The number of hydrogen-bond donors (Lipinski definition) is 0. The molecule has 5 aromatic rings. The summed E-state index contributed by atoms with van der Waals surface area (Å²) in [4.78, 5) is 24.6. The summed E-state index contributed by atoms with van der Waals surface area (Å²) in [5.74, 6) is 1.39. The molecule has 0 N–H and O–H groups in total. The quantitative estimate of drug-likeness (QED) is 0.0757. The maximum Gasteiger partial charge on any atom is 0.186 e. The third kappa shape index (κ3) is 9.00. The molecule has 5 aromatic carbocycles. The van der Waals surface area contributed by atoms with Crippen LogP contribution in [0.15, 0.2) is 141 Å². The van der Waals surface area contributed by atoms with Gasteiger partial charge in [0.25, 0.3) is 0 Å². The molecule has 0 amide bonds. The van der Waals surface area contributed by atoms with Crippen molar-refractivity contribution in [2.75, 3.05) is 13.2 Å². The first kappa shape index (κ1) is 44.5. The van der Waals surface area contributed by atoms with Gasteiger partial charge in [-0.1, -0.05) is 104 Å². The zero-order chi connectivity index (χ0) is 44.5. The number of hydrogen-bond acceptors (Lipinski definition) is 6. The van der Waals surface area contributed by atoms with Crippen molar-refractivity contribution in [3.05, 3.63) is 180 Å². The summed E-state index contributed by atoms with van der Waals surface area (Å²) in [6, 6.07) is 41.9. The Morgan fingerprint density at radius 3 is 1.60 bits per heavy atom. The Bertz CT molecular complexity index is 2340. The average molecular weight is 831 g/mol. The van der Waals surface area contributed by atoms with Crippen molar-refractivity contribution in [1.29, 1.82) is 0 Å². The largest absolute Gasteiger partial charge is 0.488 e. The number of ketones is 2. The first-order chi connectivity index (χ1) is 29.4. The molecule has 1 atom stereocenters. The highest BCUT2D eigenvalue weighted by Gasteiger charge is 2.49. The smallest absolute Gasteiger partial charge is 0.186 e. The van der Waals surface area contributed by atoms with Gasteiger partial charge in [0.1, 0.15) is 33.9 Å². The van der Waals surface area contributed by atoms with Gasteiger partial charge in [0.05, 0.1) is 13.2 Å². The molecule has 0 heterocycles. The number of carbonyl (C=O) groups excluding carboxylic acids is 2. The third-order valence-corrected chi connectivity index (χ3v) is 12.9. The lowest BCUT2D eigenvalue weighted by molar-refractivity contribution is -0.136. The van der Waals surface area contributed by atoms with E-state index in [2.05, 4.69) is 128 Å². The first-order valence-electron chi connectivity index (χ1n) is 21.9. The van der Waals surface area contributed by atoms with Crippen LogP contribution in [0.2, 0.25) is 0 Å². The molecular weight excluding hydrogens is 769 g/mol. The molecule has 0 bridgehead atoms. The van der Waals surface area contributed by atoms with E-state index in [4.69, 9.17) is 18.9 Å². The van der Waals surface area contributed by atoms with Crippen LogP contribution < -0.4 is 9.47 Å². The summed E-state index contributed by atoms with van der Waals surface area (Å²) in [6.45, 7) is 23.2. The zero-order valence-electron chi connectivity index (χ0n) is 37.8. The van der Waals surface area contributed by atoms with E-state index in [1.54, 1.807) is 27.7 Å². The van der Waals surface area contributed by atoms with Crippen molar-refractivity contribution in [3.63, 3.8) is 0 Å². The van der Waals surface area contributed by atoms with E-state index < -0.39 is 27.8 Å². The van der Waals surface area contributed by atoms with E-state index in [9.17, 15) is 9.59 Å². The highest BCUT2D eigenvalue weighted by molar-refractivity contribution is 5.96. The highest BCUT2D eigenvalue weighted by atomic mass is 16.5. The van der Waals surface area contributed by atoms with E-state index in [0.717, 1.165) is 24.3 Å². The monoisotopic (exact) mass is 830 g/mol. The van der Waals surface area contributed by atoms with Crippen molar-refractivity contribution in [2.45, 2.75) is 115 Å². The maximum atomic E-state index is 12.3. The topological polar surface area (TPSA) is 71.1 Å². The van der Waals surface area contributed by atoms with Crippen LogP contribution in [-0.4, -0.2) is 47.2 Å². The van der Waals surface area contributed by atoms with Crippen LogP contribution in [0.1, 0.15) is 120 Å². The Labute approximate surface area is 369 Å². The second-order valence-corrected chi connectivity index (χ2v) is 19.1. The lowest BCUT2D eigenvalue weighted by Gasteiger charge is -2.34. The van der Waals surface area contributed by atoms with Gasteiger partial charge in [-0.05, 0) is 155 Å². The van der Waals surface area contributed by atoms with E-state index in [1.165, 1.54) is 62.2 Å². The van der Waals surface area contributed by atoms with Gasteiger partial charge < -0.3 is 18.9 Å². The summed E-state index contributed by atoms with van der Waals surface area (Å²) in [5.41, 5.74) is 8.36. The molecular formula is C56H62O6. The summed E-state index contributed by atoms with van der Waals surface area (Å²) < 4.78 is 25.2. The lowest BCUT2D eigenvalue weighted by atomic mass is 9.69. The van der Waals surface area contributed by atoms with Gasteiger partial charge in [0, 0.05) is 24.2 Å². The molecule has 6 nitrogen and oxygen atoms in total. The molecule has 0 aromatic heterocycles. The van der Waals surface area contributed by atoms with Crippen LogP contribution in [0.25, 0.3) is 11.1 Å². The second-order valence-electron chi connectivity index (χ2n) is 19.1. The number of benzene rings is 5. The Balaban J connectivity index is 1.25. The minimum absolute atomic E-state index is 0.145. The van der Waals surface area contributed by atoms with Crippen LogP contribution in [0, 0.1) is 0 Å². The van der Waals surface area contributed by atoms with Crippen molar-refractivity contribution in [3.8, 4) is 22.6 Å². The summed E-state index contributed by atoms with van der Waals surface area (Å²) in [7, 11) is 0. The Morgan fingerprint density at radius 2 is 1.10 bits per heavy atom. The van der Waals surface area contributed by atoms with Crippen molar-refractivity contribution in [2.24, 2.45) is 0 Å². The molecule has 0 radical (unpaired) electrons. The van der Waals surface area contributed by atoms with Gasteiger partial charge in [-0.15, -0.1) is 0 Å². The van der Waals surface area contributed by atoms with Crippen molar-refractivity contribution >= 4 is 11.6 Å². The van der Waals surface area contributed by atoms with E-state index in [1.807, 2.05) is 27.7 Å². The van der Waals surface area contributed by atoms with E-state index >= 15 is 0 Å². The molecule has 0 aliphatic heterocycles. The molecule has 0 spiro atoms. The van der Waals surface area contributed by atoms with Crippen LogP contribution in [-0.2, 0) is 30.9 Å². The fourth-order valence-corrected chi connectivity index (χ4v) is 9.28. The van der Waals surface area contributed by atoms with Gasteiger partial charge in [0.2, 0.25) is 0 Å². The maximum absolute atomic E-state index is 12.3.